The van der Waals surface area contributed by atoms with E-state index < -0.39 is 0 Å². The molecule has 1 aromatic heterocycles. The summed E-state index contributed by atoms with van der Waals surface area (Å²) in [5, 5.41) is 4.42. The zero-order valence-corrected chi connectivity index (χ0v) is 15.1. The molecule has 0 saturated carbocycles. The highest BCUT2D eigenvalue weighted by molar-refractivity contribution is 9.10. The van der Waals surface area contributed by atoms with E-state index in [1.165, 1.54) is 20.9 Å². The van der Waals surface area contributed by atoms with Crippen molar-refractivity contribution in [3.8, 4) is 0 Å². The molecule has 1 N–H and O–H groups in total. The Morgan fingerprint density at radius 1 is 1.30 bits per heavy atom. The van der Waals surface area contributed by atoms with Gasteiger partial charge in [0.2, 0.25) is 0 Å². The lowest BCUT2D eigenvalue weighted by Gasteiger charge is -2.20. The largest absolute Gasteiger partial charge is 0.306 e. The van der Waals surface area contributed by atoms with Crippen LogP contribution in [-0.2, 0) is 0 Å². The van der Waals surface area contributed by atoms with Gasteiger partial charge in [0.25, 0.3) is 0 Å². The van der Waals surface area contributed by atoms with Crippen LogP contribution in [0.25, 0.3) is 0 Å². The molecule has 1 atom stereocenters. The smallest absolute Gasteiger partial charge is 0.0685 e. The van der Waals surface area contributed by atoms with E-state index in [1.54, 1.807) is 0 Å². The van der Waals surface area contributed by atoms with E-state index in [1.807, 2.05) is 29.5 Å². The van der Waals surface area contributed by atoms with Crippen LogP contribution in [0.5, 0.6) is 0 Å². The van der Waals surface area contributed by atoms with Gasteiger partial charge in [0.05, 0.1) is 6.04 Å². The molecule has 4 heteroatoms. The molecule has 1 nitrogen and oxygen atoms in total. The van der Waals surface area contributed by atoms with Gasteiger partial charge in [0.1, 0.15) is 0 Å². The van der Waals surface area contributed by atoms with E-state index in [0.29, 0.717) is 0 Å². The Balaban J connectivity index is 2.46. The number of hydrogen-bond donors (Lipinski definition) is 1. The Morgan fingerprint density at radius 3 is 2.65 bits per heavy atom. The molecule has 0 saturated heterocycles. The number of nitrogens with one attached hydrogen (secondary N) is 1. The minimum Gasteiger partial charge on any atom is -0.306 e. The number of halogens is 2. The molecular formula is C16H19BrClNS. The molecular weight excluding hydrogens is 354 g/mol. The fourth-order valence-electron chi connectivity index (χ4n) is 2.31. The van der Waals surface area contributed by atoms with Gasteiger partial charge in [-0.2, -0.15) is 0 Å². The minimum atomic E-state index is 0.196. The van der Waals surface area contributed by atoms with Gasteiger partial charge in [-0.3, -0.25) is 0 Å². The maximum Gasteiger partial charge on any atom is 0.0685 e. The van der Waals surface area contributed by atoms with Crippen LogP contribution in [0.2, 0.25) is 5.02 Å². The first-order chi connectivity index (χ1) is 9.52. The van der Waals surface area contributed by atoms with E-state index in [0.717, 1.165) is 22.5 Å². The van der Waals surface area contributed by atoms with Gasteiger partial charge < -0.3 is 5.32 Å². The average Bonchev–Trinajstić information content (AvgIpc) is 2.73. The van der Waals surface area contributed by atoms with Crippen molar-refractivity contribution < 1.29 is 0 Å². The first-order valence-electron chi connectivity index (χ1n) is 6.78. The van der Waals surface area contributed by atoms with E-state index in [2.05, 4.69) is 48.1 Å². The van der Waals surface area contributed by atoms with Gasteiger partial charge in [0.15, 0.2) is 0 Å². The SMILES string of the molecule is CCCNC(c1cc(Cl)ccc1Br)c1sc(C)cc1C. The summed E-state index contributed by atoms with van der Waals surface area (Å²) in [6.45, 7) is 7.51. The molecule has 2 aromatic rings. The third-order valence-electron chi connectivity index (χ3n) is 3.21. The number of hydrogen-bond acceptors (Lipinski definition) is 2. The third-order valence-corrected chi connectivity index (χ3v) is 5.38. The van der Waals surface area contributed by atoms with Crippen molar-refractivity contribution in [1.82, 2.24) is 5.32 Å². The van der Waals surface area contributed by atoms with E-state index >= 15 is 0 Å². The van der Waals surface area contributed by atoms with E-state index in [9.17, 15) is 0 Å². The molecule has 0 spiro atoms. The number of aryl methyl sites for hydroxylation is 2. The van der Waals surface area contributed by atoms with Crippen LogP contribution in [0.1, 0.15) is 40.3 Å². The summed E-state index contributed by atoms with van der Waals surface area (Å²) in [6.07, 6.45) is 1.11. The lowest BCUT2D eigenvalue weighted by molar-refractivity contribution is 0.602. The first-order valence-corrected chi connectivity index (χ1v) is 8.77. The molecule has 1 aromatic carbocycles. The summed E-state index contributed by atoms with van der Waals surface area (Å²) in [5.74, 6) is 0. The second-order valence-electron chi connectivity index (χ2n) is 4.96. The second kappa shape index (κ2) is 7.08. The van der Waals surface area contributed by atoms with Gasteiger partial charge in [0, 0.05) is 19.2 Å². The van der Waals surface area contributed by atoms with Crippen molar-refractivity contribution in [3.05, 3.63) is 54.6 Å². The van der Waals surface area contributed by atoms with Gasteiger partial charge in [-0.15, -0.1) is 11.3 Å². The highest BCUT2D eigenvalue weighted by Gasteiger charge is 2.20. The summed E-state index contributed by atoms with van der Waals surface area (Å²) in [4.78, 5) is 2.72. The third kappa shape index (κ3) is 3.64. The standard InChI is InChI=1S/C16H19BrClNS/c1-4-7-19-15(16-10(2)8-11(3)20-16)13-9-12(18)5-6-14(13)17/h5-6,8-9,15,19H,4,7H2,1-3H3. The van der Waals surface area contributed by atoms with Crippen LogP contribution >= 0.6 is 38.9 Å². The Bertz CT molecular complexity index is 594. The van der Waals surface area contributed by atoms with Gasteiger partial charge in [-0.1, -0.05) is 34.5 Å². The topological polar surface area (TPSA) is 12.0 Å². The zero-order chi connectivity index (χ0) is 14.7. The fraction of sp³-hybridized carbons (Fsp3) is 0.375. The monoisotopic (exact) mass is 371 g/mol. The van der Waals surface area contributed by atoms with E-state index in [-0.39, 0.29) is 6.04 Å². The van der Waals surface area contributed by atoms with Crippen LogP contribution in [0.3, 0.4) is 0 Å². The van der Waals surface area contributed by atoms with Crippen molar-refractivity contribution in [3.63, 3.8) is 0 Å². The molecule has 0 radical (unpaired) electrons. The van der Waals surface area contributed by atoms with Crippen LogP contribution < -0.4 is 5.32 Å². The Morgan fingerprint density at radius 2 is 2.05 bits per heavy atom. The molecule has 1 unspecified atom stereocenters. The van der Waals surface area contributed by atoms with Crippen LogP contribution in [0, 0.1) is 13.8 Å². The fourth-order valence-corrected chi connectivity index (χ4v) is 4.10. The molecule has 2 rings (SSSR count). The average molecular weight is 373 g/mol. The van der Waals surface area contributed by atoms with Gasteiger partial charge >= 0.3 is 0 Å². The number of benzene rings is 1. The molecule has 108 valence electrons. The maximum absolute atomic E-state index is 6.18. The first kappa shape index (κ1) is 16.0. The second-order valence-corrected chi connectivity index (χ2v) is 7.54. The zero-order valence-electron chi connectivity index (χ0n) is 12.0. The lowest BCUT2D eigenvalue weighted by atomic mass is 10.0. The molecule has 0 aliphatic heterocycles. The van der Waals surface area contributed by atoms with Crippen molar-refractivity contribution in [2.24, 2.45) is 0 Å². The summed E-state index contributed by atoms with van der Waals surface area (Å²) < 4.78 is 1.10. The predicted molar refractivity (Wildman–Crippen MR) is 93.1 cm³/mol. The van der Waals surface area contributed by atoms with Crippen LogP contribution in [-0.4, -0.2) is 6.54 Å². The number of rotatable bonds is 5. The minimum absolute atomic E-state index is 0.196. The van der Waals surface area contributed by atoms with Crippen molar-refractivity contribution in [2.75, 3.05) is 6.54 Å². The summed E-state index contributed by atoms with van der Waals surface area (Å²) in [5.41, 5.74) is 2.55. The normalized spacial score (nSPS) is 12.7. The molecule has 20 heavy (non-hydrogen) atoms. The summed E-state index contributed by atoms with van der Waals surface area (Å²) >= 11 is 11.7. The molecule has 0 aliphatic rings. The predicted octanol–water partition coefficient (Wildman–Crippen LogP) is 5.87. The lowest BCUT2D eigenvalue weighted by Crippen LogP contribution is -2.23. The quantitative estimate of drug-likeness (QED) is 0.692. The van der Waals surface area contributed by atoms with E-state index in [4.69, 9.17) is 11.6 Å². The highest BCUT2D eigenvalue weighted by atomic mass is 79.9. The summed E-state index contributed by atoms with van der Waals surface area (Å²) in [6, 6.07) is 8.43. The van der Waals surface area contributed by atoms with Crippen molar-refractivity contribution >= 4 is 38.9 Å². The highest BCUT2D eigenvalue weighted by Crippen LogP contribution is 2.36. The van der Waals surface area contributed by atoms with Gasteiger partial charge in [-0.25, -0.2) is 0 Å². The van der Waals surface area contributed by atoms with Crippen molar-refractivity contribution in [1.29, 1.82) is 0 Å². The van der Waals surface area contributed by atoms with Crippen LogP contribution in [0.15, 0.2) is 28.7 Å². The Kier molecular flexibility index (Phi) is 5.67. The summed E-state index contributed by atoms with van der Waals surface area (Å²) in [7, 11) is 0. The molecule has 0 bridgehead atoms. The van der Waals surface area contributed by atoms with Crippen molar-refractivity contribution in [2.45, 2.75) is 33.2 Å². The van der Waals surface area contributed by atoms with Crippen LogP contribution in [0.4, 0.5) is 0 Å². The molecule has 0 amide bonds. The maximum atomic E-state index is 6.18. The van der Waals surface area contributed by atoms with Gasteiger partial charge in [-0.05, 0) is 62.2 Å². The molecule has 0 fully saturated rings. The Labute approximate surface area is 138 Å². The number of thiophene rings is 1. The molecule has 1 heterocycles. The Hall–Kier alpha value is -0.350. The molecule has 0 aliphatic carbocycles.